The molecule has 18 heavy (non-hydrogen) atoms. The first-order chi connectivity index (χ1) is 8.68. The van der Waals surface area contributed by atoms with Crippen molar-refractivity contribution in [2.75, 3.05) is 13.2 Å². The van der Waals surface area contributed by atoms with Crippen LogP contribution in [0.3, 0.4) is 0 Å². The Kier molecular flexibility index (Phi) is 12.0. The first kappa shape index (κ1) is 17.1. The van der Waals surface area contributed by atoms with E-state index in [0.29, 0.717) is 0 Å². The number of aliphatic carboxylic acids is 1. The van der Waals surface area contributed by atoms with Gasteiger partial charge >= 0.3 is 5.97 Å². The molecule has 0 aliphatic rings. The van der Waals surface area contributed by atoms with E-state index in [2.05, 4.69) is 0 Å². The number of hydrogen-bond donors (Lipinski definition) is 2. The van der Waals surface area contributed by atoms with Crippen LogP contribution in [0.25, 0.3) is 0 Å². The molecule has 0 spiro atoms. The van der Waals surface area contributed by atoms with Crippen molar-refractivity contribution in [3.05, 3.63) is 12.2 Å². The summed E-state index contributed by atoms with van der Waals surface area (Å²) >= 11 is 0. The van der Waals surface area contributed by atoms with E-state index in [9.17, 15) is 4.79 Å². The summed E-state index contributed by atoms with van der Waals surface area (Å²) in [4.78, 5) is 10.3. The van der Waals surface area contributed by atoms with Crippen LogP contribution in [0.2, 0.25) is 0 Å². The maximum Gasteiger partial charge on any atom is 0.332 e. The Morgan fingerprint density at radius 2 is 1.83 bits per heavy atom. The quantitative estimate of drug-likeness (QED) is 0.417. The smallest absolute Gasteiger partial charge is 0.332 e. The summed E-state index contributed by atoms with van der Waals surface area (Å²) in [5.41, 5.74) is 0. The number of hydrogen-bond acceptors (Lipinski definition) is 3. The van der Waals surface area contributed by atoms with E-state index in [-0.39, 0.29) is 6.42 Å². The fourth-order valence-corrected chi connectivity index (χ4v) is 1.58. The minimum Gasteiger partial charge on any atom is -0.479 e. The highest BCUT2D eigenvalue weighted by atomic mass is 16.5. The molecule has 2 N–H and O–H groups in total. The van der Waals surface area contributed by atoms with Gasteiger partial charge in [0.25, 0.3) is 0 Å². The zero-order valence-corrected chi connectivity index (χ0v) is 11.3. The van der Waals surface area contributed by atoms with Crippen LogP contribution in [-0.2, 0) is 9.53 Å². The molecule has 0 aliphatic heterocycles. The summed E-state index contributed by atoms with van der Waals surface area (Å²) in [5.74, 6) is -1.16. The van der Waals surface area contributed by atoms with Crippen molar-refractivity contribution < 1.29 is 19.7 Å². The summed E-state index contributed by atoms with van der Waals surface area (Å²) in [5, 5.41) is 17.5. The van der Waals surface area contributed by atoms with Crippen LogP contribution in [0.1, 0.15) is 51.9 Å². The molecule has 0 radical (unpaired) electrons. The number of unbranched alkanes of at least 4 members (excludes halogenated alkanes) is 5. The number of carboxylic acids is 1. The van der Waals surface area contributed by atoms with Gasteiger partial charge in [0.15, 0.2) is 6.10 Å². The summed E-state index contributed by atoms with van der Waals surface area (Å²) in [7, 11) is 0. The van der Waals surface area contributed by atoms with Gasteiger partial charge in [-0.1, -0.05) is 31.4 Å². The van der Waals surface area contributed by atoms with Gasteiger partial charge in [0.1, 0.15) is 0 Å². The zero-order chi connectivity index (χ0) is 13.6. The fraction of sp³-hybridized carbons (Fsp3) is 0.786. The maximum atomic E-state index is 10.3. The second-order valence-electron chi connectivity index (χ2n) is 4.31. The minimum absolute atomic E-state index is 0.198. The first-order valence-corrected chi connectivity index (χ1v) is 6.82. The molecular formula is C14H26O4. The molecule has 106 valence electrons. The highest BCUT2D eigenvalue weighted by Gasteiger charge is 2.09. The monoisotopic (exact) mass is 258 g/mol. The molecule has 0 bridgehead atoms. The third-order valence-electron chi connectivity index (χ3n) is 2.67. The Morgan fingerprint density at radius 1 is 1.17 bits per heavy atom. The number of ether oxygens (including phenoxy) is 1. The standard InChI is InChI=1S/C14H26O4/c1-2-18-12-10-8-6-4-3-5-7-9-11-13(15)14(16)17/h7,9,13,15H,2-6,8,10-12H2,1H3,(H,16,17). The average Bonchev–Trinajstić information content (AvgIpc) is 2.35. The Labute approximate surface area is 110 Å². The van der Waals surface area contributed by atoms with Gasteiger partial charge in [-0.2, -0.15) is 0 Å². The van der Waals surface area contributed by atoms with Gasteiger partial charge in [-0.3, -0.25) is 0 Å². The van der Waals surface area contributed by atoms with Crippen molar-refractivity contribution in [3.8, 4) is 0 Å². The van der Waals surface area contributed by atoms with E-state index in [4.69, 9.17) is 14.9 Å². The molecule has 0 heterocycles. The van der Waals surface area contributed by atoms with Crippen LogP contribution in [0.15, 0.2) is 12.2 Å². The van der Waals surface area contributed by atoms with Gasteiger partial charge in [-0.25, -0.2) is 4.79 Å². The summed E-state index contributed by atoms with van der Waals surface area (Å²) in [6.45, 7) is 3.67. The molecule has 0 fully saturated rings. The number of rotatable bonds is 12. The van der Waals surface area contributed by atoms with Crippen LogP contribution >= 0.6 is 0 Å². The van der Waals surface area contributed by atoms with E-state index in [0.717, 1.165) is 32.5 Å². The Balaban J connectivity index is 3.20. The predicted molar refractivity (Wildman–Crippen MR) is 71.6 cm³/mol. The van der Waals surface area contributed by atoms with Crippen molar-refractivity contribution in [1.29, 1.82) is 0 Å². The Hall–Kier alpha value is -0.870. The third-order valence-corrected chi connectivity index (χ3v) is 2.67. The molecule has 4 heteroatoms. The van der Waals surface area contributed by atoms with Gasteiger partial charge in [-0.05, 0) is 26.2 Å². The number of carbonyl (C=O) groups is 1. The van der Waals surface area contributed by atoms with E-state index in [1.54, 1.807) is 6.08 Å². The molecule has 1 unspecified atom stereocenters. The van der Waals surface area contributed by atoms with Crippen LogP contribution in [0.4, 0.5) is 0 Å². The van der Waals surface area contributed by atoms with Gasteiger partial charge in [-0.15, -0.1) is 0 Å². The van der Waals surface area contributed by atoms with Gasteiger partial charge in [0.2, 0.25) is 0 Å². The molecular weight excluding hydrogens is 232 g/mol. The van der Waals surface area contributed by atoms with Crippen molar-refractivity contribution in [2.45, 2.75) is 58.0 Å². The lowest BCUT2D eigenvalue weighted by Gasteiger charge is -2.01. The Bertz CT molecular complexity index is 226. The van der Waals surface area contributed by atoms with Gasteiger partial charge < -0.3 is 14.9 Å². The van der Waals surface area contributed by atoms with Crippen molar-refractivity contribution in [3.63, 3.8) is 0 Å². The van der Waals surface area contributed by atoms with Crippen molar-refractivity contribution in [1.82, 2.24) is 0 Å². The number of allylic oxidation sites excluding steroid dienone is 1. The maximum absolute atomic E-state index is 10.3. The average molecular weight is 258 g/mol. The molecule has 1 atom stereocenters. The SMILES string of the molecule is CCOCCCCCCCC=CCC(O)C(=O)O. The second kappa shape index (κ2) is 12.6. The molecule has 0 aromatic rings. The summed E-state index contributed by atoms with van der Waals surface area (Å²) < 4.78 is 5.25. The van der Waals surface area contributed by atoms with Gasteiger partial charge in [0, 0.05) is 19.6 Å². The lowest BCUT2D eigenvalue weighted by atomic mass is 10.1. The van der Waals surface area contributed by atoms with Crippen molar-refractivity contribution >= 4 is 5.97 Å². The summed E-state index contributed by atoms with van der Waals surface area (Å²) in [6, 6.07) is 0. The zero-order valence-electron chi connectivity index (χ0n) is 11.3. The molecule has 0 rings (SSSR count). The lowest BCUT2D eigenvalue weighted by molar-refractivity contribution is -0.146. The number of aliphatic hydroxyl groups excluding tert-OH is 1. The highest BCUT2D eigenvalue weighted by Crippen LogP contribution is 2.06. The number of carboxylic acid groups (broad SMARTS) is 1. The molecule has 4 nitrogen and oxygen atoms in total. The van der Waals surface area contributed by atoms with E-state index >= 15 is 0 Å². The molecule has 0 aliphatic carbocycles. The fourth-order valence-electron chi connectivity index (χ4n) is 1.58. The van der Waals surface area contributed by atoms with E-state index in [1.807, 2.05) is 13.0 Å². The van der Waals surface area contributed by atoms with E-state index < -0.39 is 12.1 Å². The second-order valence-corrected chi connectivity index (χ2v) is 4.31. The summed E-state index contributed by atoms with van der Waals surface area (Å²) in [6.07, 6.45) is 9.46. The molecule has 0 aromatic carbocycles. The van der Waals surface area contributed by atoms with Crippen LogP contribution < -0.4 is 0 Å². The lowest BCUT2D eigenvalue weighted by Crippen LogP contribution is -2.17. The predicted octanol–water partition coefficient (Wildman–Crippen LogP) is 2.76. The van der Waals surface area contributed by atoms with Crippen molar-refractivity contribution in [2.24, 2.45) is 0 Å². The Morgan fingerprint density at radius 3 is 2.50 bits per heavy atom. The first-order valence-electron chi connectivity index (χ1n) is 6.82. The minimum atomic E-state index is -1.26. The molecule has 0 saturated carbocycles. The number of aliphatic hydroxyl groups is 1. The largest absolute Gasteiger partial charge is 0.479 e. The van der Waals surface area contributed by atoms with E-state index in [1.165, 1.54) is 19.3 Å². The normalized spacial score (nSPS) is 13.0. The molecule has 0 amide bonds. The van der Waals surface area contributed by atoms with Gasteiger partial charge in [0.05, 0.1) is 0 Å². The highest BCUT2D eigenvalue weighted by molar-refractivity contribution is 5.72. The van der Waals surface area contributed by atoms with Crippen LogP contribution in [-0.4, -0.2) is 35.5 Å². The van der Waals surface area contributed by atoms with Crippen LogP contribution in [0, 0.1) is 0 Å². The van der Waals surface area contributed by atoms with Crippen LogP contribution in [0.5, 0.6) is 0 Å². The molecule has 0 saturated heterocycles. The topological polar surface area (TPSA) is 66.8 Å². The molecule has 0 aromatic heterocycles. The third kappa shape index (κ3) is 11.6.